The van der Waals surface area contributed by atoms with Crippen LogP contribution >= 0.6 is 0 Å². The Labute approximate surface area is 152 Å². The maximum atomic E-state index is 12.3. The molecular formula is C20H22N4O2. The van der Waals surface area contributed by atoms with Gasteiger partial charge in [-0.2, -0.15) is 0 Å². The van der Waals surface area contributed by atoms with Gasteiger partial charge in [0.15, 0.2) is 0 Å². The molecule has 0 bridgehead atoms. The summed E-state index contributed by atoms with van der Waals surface area (Å²) >= 11 is 0. The minimum atomic E-state index is -0.273. The molecule has 6 heteroatoms. The zero-order valence-corrected chi connectivity index (χ0v) is 14.8. The maximum Gasteiger partial charge on any atom is 0.251 e. The highest BCUT2D eigenvalue weighted by atomic mass is 16.2. The van der Waals surface area contributed by atoms with Crippen molar-refractivity contribution < 1.29 is 9.59 Å². The Morgan fingerprint density at radius 3 is 2.42 bits per heavy atom. The van der Waals surface area contributed by atoms with Crippen molar-refractivity contribution in [2.24, 2.45) is 0 Å². The lowest BCUT2D eigenvalue weighted by Gasteiger charge is -2.16. The molecule has 0 aliphatic heterocycles. The zero-order valence-electron chi connectivity index (χ0n) is 14.8. The lowest BCUT2D eigenvalue weighted by Crippen LogP contribution is -2.38. The van der Waals surface area contributed by atoms with Crippen LogP contribution in [-0.2, 0) is 4.79 Å². The van der Waals surface area contributed by atoms with Crippen LogP contribution in [0.1, 0.15) is 42.5 Å². The number of carbonyl (C=O) groups excluding carboxylic acids is 2. The molecule has 0 fully saturated rings. The van der Waals surface area contributed by atoms with Crippen molar-refractivity contribution in [3.05, 3.63) is 66.0 Å². The van der Waals surface area contributed by atoms with Crippen LogP contribution < -0.4 is 10.6 Å². The molecule has 2 aromatic carbocycles. The minimum absolute atomic E-state index is 0.140. The van der Waals surface area contributed by atoms with E-state index >= 15 is 0 Å². The van der Waals surface area contributed by atoms with Crippen LogP contribution in [0, 0.1) is 0 Å². The number of benzene rings is 2. The average molecular weight is 350 g/mol. The van der Waals surface area contributed by atoms with E-state index in [1.54, 1.807) is 24.3 Å². The van der Waals surface area contributed by atoms with Crippen molar-refractivity contribution in [2.75, 3.05) is 0 Å². The van der Waals surface area contributed by atoms with Crippen LogP contribution in [0.3, 0.4) is 0 Å². The van der Waals surface area contributed by atoms with Crippen molar-refractivity contribution in [3.63, 3.8) is 0 Å². The Morgan fingerprint density at radius 1 is 1.00 bits per heavy atom. The minimum Gasteiger partial charge on any atom is -0.349 e. The van der Waals surface area contributed by atoms with E-state index in [0.717, 1.165) is 11.0 Å². The molecule has 2 amide bonds. The van der Waals surface area contributed by atoms with Gasteiger partial charge in [-0.15, -0.1) is 0 Å². The summed E-state index contributed by atoms with van der Waals surface area (Å²) in [6, 6.07) is 16.2. The van der Waals surface area contributed by atoms with Crippen molar-refractivity contribution in [1.82, 2.24) is 20.6 Å². The van der Waals surface area contributed by atoms with Gasteiger partial charge in [0.2, 0.25) is 5.91 Å². The van der Waals surface area contributed by atoms with Crippen molar-refractivity contribution in [2.45, 2.75) is 32.4 Å². The molecule has 0 saturated heterocycles. The highest BCUT2D eigenvalue weighted by Gasteiger charge is 2.17. The second-order valence-electron chi connectivity index (χ2n) is 6.37. The molecule has 0 saturated carbocycles. The van der Waals surface area contributed by atoms with E-state index in [1.807, 2.05) is 44.2 Å². The third kappa shape index (κ3) is 4.27. The molecule has 3 rings (SSSR count). The smallest absolute Gasteiger partial charge is 0.251 e. The number of aromatic amines is 1. The fraction of sp³-hybridized carbons (Fsp3) is 0.250. The molecule has 2 unspecified atom stereocenters. The molecule has 134 valence electrons. The predicted octanol–water partition coefficient (Wildman–Crippen LogP) is 2.95. The summed E-state index contributed by atoms with van der Waals surface area (Å²) in [5.41, 5.74) is 2.38. The lowest BCUT2D eigenvalue weighted by molar-refractivity contribution is -0.122. The highest BCUT2D eigenvalue weighted by molar-refractivity contribution is 5.94. The molecule has 2 atom stereocenters. The third-order valence-corrected chi connectivity index (χ3v) is 4.10. The number of para-hydroxylation sites is 2. The van der Waals surface area contributed by atoms with Gasteiger partial charge in [-0.3, -0.25) is 9.59 Å². The van der Waals surface area contributed by atoms with E-state index in [4.69, 9.17) is 0 Å². The monoisotopic (exact) mass is 350 g/mol. The second-order valence-corrected chi connectivity index (χ2v) is 6.37. The van der Waals surface area contributed by atoms with E-state index in [1.165, 1.54) is 0 Å². The molecule has 0 aliphatic rings. The van der Waals surface area contributed by atoms with Gasteiger partial charge in [-0.05, 0) is 38.1 Å². The van der Waals surface area contributed by atoms with Gasteiger partial charge in [0.25, 0.3) is 5.91 Å². The van der Waals surface area contributed by atoms with Crippen LogP contribution in [0.4, 0.5) is 0 Å². The van der Waals surface area contributed by atoms with E-state index in [9.17, 15) is 9.59 Å². The number of amides is 2. The Hall–Kier alpha value is -3.15. The number of hydrogen-bond acceptors (Lipinski definition) is 3. The largest absolute Gasteiger partial charge is 0.349 e. The number of nitrogens with zero attached hydrogens (tertiary/aromatic N) is 1. The summed E-state index contributed by atoms with van der Waals surface area (Å²) in [4.78, 5) is 32.1. The van der Waals surface area contributed by atoms with Gasteiger partial charge in [-0.25, -0.2) is 4.98 Å². The Kier molecular flexibility index (Phi) is 5.31. The van der Waals surface area contributed by atoms with Gasteiger partial charge in [0.05, 0.1) is 17.1 Å². The van der Waals surface area contributed by atoms with E-state index in [-0.39, 0.29) is 30.3 Å². The van der Waals surface area contributed by atoms with Crippen molar-refractivity contribution >= 4 is 22.8 Å². The molecule has 0 radical (unpaired) electrons. The first-order valence-electron chi connectivity index (χ1n) is 8.63. The topological polar surface area (TPSA) is 86.9 Å². The predicted molar refractivity (Wildman–Crippen MR) is 101 cm³/mol. The Bertz CT molecular complexity index is 871. The quantitative estimate of drug-likeness (QED) is 0.639. The SMILES string of the molecule is CC(CC(=O)NC(C)c1nc2ccccc2[nH]1)NC(=O)c1ccccc1. The van der Waals surface area contributed by atoms with Gasteiger partial charge in [-0.1, -0.05) is 30.3 Å². The van der Waals surface area contributed by atoms with Gasteiger partial charge in [0, 0.05) is 18.0 Å². The number of imidazole rings is 1. The molecule has 0 aliphatic carbocycles. The van der Waals surface area contributed by atoms with Gasteiger partial charge < -0.3 is 15.6 Å². The van der Waals surface area contributed by atoms with Crippen molar-refractivity contribution in [3.8, 4) is 0 Å². The summed E-state index contributed by atoms with van der Waals surface area (Å²) in [6.07, 6.45) is 0.198. The van der Waals surface area contributed by atoms with E-state index in [2.05, 4.69) is 20.6 Å². The summed E-state index contributed by atoms with van der Waals surface area (Å²) in [5.74, 6) is 0.385. The summed E-state index contributed by atoms with van der Waals surface area (Å²) in [6.45, 7) is 3.69. The zero-order chi connectivity index (χ0) is 18.5. The van der Waals surface area contributed by atoms with Crippen LogP contribution in [-0.4, -0.2) is 27.8 Å². The molecule has 3 aromatic rings. The molecular weight excluding hydrogens is 328 g/mol. The maximum absolute atomic E-state index is 12.3. The summed E-state index contributed by atoms with van der Waals surface area (Å²) in [7, 11) is 0. The first-order chi connectivity index (χ1) is 12.5. The lowest BCUT2D eigenvalue weighted by atomic mass is 10.1. The standard InChI is InChI=1S/C20H22N4O2/c1-13(21-20(26)15-8-4-3-5-9-15)12-18(25)22-14(2)19-23-16-10-6-7-11-17(16)24-19/h3-11,13-14H,12H2,1-2H3,(H,21,26)(H,22,25)(H,23,24). The fourth-order valence-electron chi connectivity index (χ4n) is 2.77. The number of aromatic nitrogens is 2. The first-order valence-corrected chi connectivity index (χ1v) is 8.63. The molecule has 26 heavy (non-hydrogen) atoms. The molecule has 3 N–H and O–H groups in total. The summed E-state index contributed by atoms with van der Waals surface area (Å²) in [5, 5.41) is 5.76. The number of fused-ring (bicyclic) bond motifs is 1. The first kappa shape index (κ1) is 17.7. The Balaban J connectivity index is 1.53. The van der Waals surface area contributed by atoms with Crippen molar-refractivity contribution in [1.29, 1.82) is 0 Å². The van der Waals surface area contributed by atoms with Gasteiger partial charge in [0.1, 0.15) is 5.82 Å². The number of carbonyl (C=O) groups is 2. The number of nitrogens with one attached hydrogen (secondary N) is 3. The van der Waals surface area contributed by atoms with Crippen LogP contribution in [0.15, 0.2) is 54.6 Å². The number of hydrogen-bond donors (Lipinski definition) is 3. The molecule has 1 aromatic heterocycles. The van der Waals surface area contributed by atoms with Crippen LogP contribution in [0.5, 0.6) is 0 Å². The van der Waals surface area contributed by atoms with Gasteiger partial charge >= 0.3 is 0 Å². The third-order valence-electron chi connectivity index (χ3n) is 4.10. The second kappa shape index (κ2) is 7.82. The molecule has 0 spiro atoms. The average Bonchev–Trinajstić information content (AvgIpc) is 3.06. The highest BCUT2D eigenvalue weighted by Crippen LogP contribution is 2.15. The fourth-order valence-corrected chi connectivity index (χ4v) is 2.77. The molecule has 1 heterocycles. The van der Waals surface area contributed by atoms with Crippen LogP contribution in [0.2, 0.25) is 0 Å². The molecule has 6 nitrogen and oxygen atoms in total. The number of rotatable bonds is 6. The Morgan fingerprint density at radius 2 is 1.69 bits per heavy atom. The van der Waals surface area contributed by atoms with E-state index in [0.29, 0.717) is 11.4 Å². The van der Waals surface area contributed by atoms with E-state index < -0.39 is 0 Å². The normalized spacial score (nSPS) is 13.2. The van der Waals surface area contributed by atoms with Crippen LogP contribution in [0.25, 0.3) is 11.0 Å². The number of H-pyrrole nitrogens is 1. The summed E-state index contributed by atoms with van der Waals surface area (Å²) < 4.78 is 0.